The van der Waals surface area contributed by atoms with Gasteiger partial charge >= 0.3 is 0 Å². The standard InChI is InChI=1S/C23H24ClN3O2S/c24-20-10-5-4-9-18(20)15-19-16-25-23(30-19)26-22(28)21(17-7-2-1-3-8-17)27-11-6-13-29-14-12-27/h1-5,7-10,16,21H,6,11-15H2,(H,25,26,28). The average Bonchev–Trinajstić information content (AvgIpc) is 3.02. The number of halogens is 1. The van der Waals surface area contributed by atoms with Gasteiger partial charge in [-0.3, -0.25) is 9.69 Å². The normalized spacial score (nSPS) is 16.0. The second-order valence-corrected chi connectivity index (χ2v) is 8.73. The van der Waals surface area contributed by atoms with Crippen LogP contribution in [-0.2, 0) is 16.0 Å². The van der Waals surface area contributed by atoms with Crippen LogP contribution in [0.25, 0.3) is 0 Å². The van der Waals surface area contributed by atoms with Crippen molar-refractivity contribution in [2.24, 2.45) is 0 Å². The van der Waals surface area contributed by atoms with Gasteiger partial charge in [0.15, 0.2) is 5.13 Å². The van der Waals surface area contributed by atoms with E-state index in [1.165, 1.54) is 11.3 Å². The third-order valence-corrected chi connectivity index (χ3v) is 6.37. The maximum absolute atomic E-state index is 13.3. The molecule has 0 saturated carbocycles. The number of ether oxygens (including phenoxy) is 1. The minimum absolute atomic E-state index is 0.0678. The number of rotatable bonds is 6. The van der Waals surface area contributed by atoms with Crippen molar-refractivity contribution in [2.75, 3.05) is 31.6 Å². The maximum Gasteiger partial charge on any atom is 0.248 e. The van der Waals surface area contributed by atoms with Gasteiger partial charge in [0, 0.05) is 42.2 Å². The summed E-state index contributed by atoms with van der Waals surface area (Å²) in [5.74, 6) is -0.0678. The molecule has 3 aromatic rings. The summed E-state index contributed by atoms with van der Waals surface area (Å²) in [6, 6.07) is 17.3. The number of anilines is 1. The zero-order valence-corrected chi connectivity index (χ0v) is 18.2. The zero-order chi connectivity index (χ0) is 20.8. The van der Waals surface area contributed by atoms with Crippen LogP contribution in [0.3, 0.4) is 0 Å². The molecule has 1 saturated heterocycles. The third-order valence-electron chi connectivity index (χ3n) is 5.09. The SMILES string of the molecule is O=C(Nc1ncc(Cc2ccccc2Cl)s1)C(c1ccccc1)N1CCCOCC1. The molecule has 7 heteroatoms. The number of hydrogen-bond donors (Lipinski definition) is 1. The molecule has 1 aromatic heterocycles. The van der Waals surface area contributed by atoms with Crippen LogP contribution in [-0.4, -0.2) is 42.1 Å². The lowest BCUT2D eigenvalue weighted by Crippen LogP contribution is -2.38. The number of amides is 1. The molecule has 1 aliphatic heterocycles. The molecule has 2 heterocycles. The Labute approximate surface area is 185 Å². The summed E-state index contributed by atoms with van der Waals surface area (Å²) in [5.41, 5.74) is 2.03. The van der Waals surface area contributed by atoms with Gasteiger partial charge in [0.25, 0.3) is 0 Å². The Hall–Kier alpha value is -2.25. The van der Waals surface area contributed by atoms with Crippen molar-refractivity contribution in [1.29, 1.82) is 0 Å². The molecule has 4 rings (SSSR count). The molecule has 30 heavy (non-hydrogen) atoms. The molecule has 0 bridgehead atoms. The molecule has 2 aromatic carbocycles. The fourth-order valence-corrected chi connectivity index (χ4v) is 4.68. The van der Waals surface area contributed by atoms with Crippen molar-refractivity contribution in [3.05, 3.63) is 81.8 Å². The summed E-state index contributed by atoms with van der Waals surface area (Å²) in [6.07, 6.45) is 3.41. The highest BCUT2D eigenvalue weighted by Crippen LogP contribution is 2.27. The summed E-state index contributed by atoms with van der Waals surface area (Å²) in [7, 11) is 0. The first kappa shape index (κ1) is 21.0. The molecular weight excluding hydrogens is 418 g/mol. The van der Waals surface area contributed by atoms with Crippen LogP contribution in [0.1, 0.15) is 28.5 Å². The van der Waals surface area contributed by atoms with Gasteiger partial charge in [-0.2, -0.15) is 0 Å². The number of nitrogens with one attached hydrogen (secondary N) is 1. The molecule has 1 aliphatic rings. The summed E-state index contributed by atoms with van der Waals surface area (Å²) >= 11 is 7.76. The number of benzene rings is 2. The summed E-state index contributed by atoms with van der Waals surface area (Å²) in [6.45, 7) is 2.92. The molecule has 0 spiro atoms. The molecule has 1 atom stereocenters. The minimum atomic E-state index is -0.371. The van der Waals surface area contributed by atoms with Crippen molar-refractivity contribution in [2.45, 2.75) is 18.9 Å². The Morgan fingerprint density at radius 1 is 1.13 bits per heavy atom. The minimum Gasteiger partial charge on any atom is -0.380 e. The van der Waals surface area contributed by atoms with Gasteiger partial charge in [0.2, 0.25) is 5.91 Å². The van der Waals surface area contributed by atoms with Crippen LogP contribution in [0.15, 0.2) is 60.8 Å². The third kappa shape index (κ3) is 5.26. The van der Waals surface area contributed by atoms with Crippen LogP contribution in [0.2, 0.25) is 5.02 Å². The Balaban J connectivity index is 1.50. The van der Waals surface area contributed by atoms with Gasteiger partial charge in [-0.25, -0.2) is 4.98 Å². The smallest absolute Gasteiger partial charge is 0.248 e. The van der Waals surface area contributed by atoms with E-state index in [0.717, 1.165) is 47.1 Å². The lowest BCUT2D eigenvalue weighted by atomic mass is 10.0. The van der Waals surface area contributed by atoms with E-state index < -0.39 is 0 Å². The van der Waals surface area contributed by atoms with E-state index in [9.17, 15) is 4.79 Å². The zero-order valence-electron chi connectivity index (χ0n) is 16.6. The van der Waals surface area contributed by atoms with Gasteiger partial charge in [-0.05, 0) is 23.6 Å². The van der Waals surface area contributed by atoms with Crippen molar-refractivity contribution < 1.29 is 9.53 Å². The van der Waals surface area contributed by atoms with E-state index in [0.29, 0.717) is 18.2 Å². The average molecular weight is 442 g/mol. The van der Waals surface area contributed by atoms with Crippen LogP contribution < -0.4 is 5.32 Å². The predicted octanol–water partition coefficient (Wildman–Crippen LogP) is 4.79. The van der Waals surface area contributed by atoms with Gasteiger partial charge < -0.3 is 10.1 Å². The van der Waals surface area contributed by atoms with Crippen LogP contribution in [0, 0.1) is 0 Å². The number of carbonyl (C=O) groups excluding carboxylic acids is 1. The van der Waals surface area contributed by atoms with Crippen LogP contribution >= 0.6 is 22.9 Å². The Bertz CT molecular complexity index is 971. The summed E-state index contributed by atoms with van der Waals surface area (Å²) in [5, 5.41) is 4.38. The van der Waals surface area contributed by atoms with Crippen molar-refractivity contribution in [3.8, 4) is 0 Å². The largest absolute Gasteiger partial charge is 0.380 e. The maximum atomic E-state index is 13.3. The lowest BCUT2D eigenvalue weighted by molar-refractivity contribution is -0.121. The van der Waals surface area contributed by atoms with Crippen molar-refractivity contribution >= 4 is 34.0 Å². The molecule has 0 aliphatic carbocycles. The van der Waals surface area contributed by atoms with Crippen molar-refractivity contribution in [3.63, 3.8) is 0 Å². The van der Waals surface area contributed by atoms with Crippen molar-refractivity contribution in [1.82, 2.24) is 9.88 Å². The Kier molecular flexibility index (Phi) is 7.12. The van der Waals surface area contributed by atoms with E-state index in [-0.39, 0.29) is 11.9 Å². The summed E-state index contributed by atoms with van der Waals surface area (Å²) < 4.78 is 5.58. The second kappa shape index (κ2) is 10.2. The first-order chi connectivity index (χ1) is 14.7. The number of hydrogen-bond acceptors (Lipinski definition) is 5. The van der Waals surface area contributed by atoms with Crippen LogP contribution in [0.5, 0.6) is 0 Å². The molecule has 1 fully saturated rings. The van der Waals surface area contributed by atoms with Gasteiger partial charge in [-0.15, -0.1) is 11.3 Å². The van der Waals surface area contributed by atoms with E-state index in [1.807, 2.05) is 54.6 Å². The molecular formula is C23H24ClN3O2S. The van der Waals surface area contributed by atoms with Gasteiger partial charge in [0.05, 0.1) is 6.61 Å². The number of carbonyl (C=O) groups is 1. The second-order valence-electron chi connectivity index (χ2n) is 7.20. The molecule has 1 unspecified atom stereocenters. The molecule has 156 valence electrons. The highest BCUT2D eigenvalue weighted by Gasteiger charge is 2.29. The monoisotopic (exact) mass is 441 g/mol. The highest BCUT2D eigenvalue weighted by atomic mass is 35.5. The quantitative estimate of drug-likeness (QED) is 0.597. The fourth-order valence-electron chi connectivity index (χ4n) is 3.64. The van der Waals surface area contributed by atoms with E-state index in [2.05, 4.69) is 15.2 Å². The lowest BCUT2D eigenvalue weighted by Gasteiger charge is -2.29. The summed E-state index contributed by atoms with van der Waals surface area (Å²) in [4.78, 5) is 21.0. The molecule has 1 N–H and O–H groups in total. The number of nitrogens with zero attached hydrogens (tertiary/aromatic N) is 2. The highest BCUT2D eigenvalue weighted by molar-refractivity contribution is 7.15. The van der Waals surface area contributed by atoms with Crippen LogP contribution in [0.4, 0.5) is 5.13 Å². The molecule has 0 radical (unpaired) electrons. The van der Waals surface area contributed by atoms with Gasteiger partial charge in [0.1, 0.15) is 6.04 Å². The molecule has 5 nitrogen and oxygen atoms in total. The number of aromatic nitrogens is 1. The van der Waals surface area contributed by atoms with E-state index >= 15 is 0 Å². The first-order valence-electron chi connectivity index (χ1n) is 10.1. The van der Waals surface area contributed by atoms with Gasteiger partial charge in [-0.1, -0.05) is 60.1 Å². The Morgan fingerprint density at radius 3 is 2.77 bits per heavy atom. The topological polar surface area (TPSA) is 54.5 Å². The fraction of sp³-hybridized carbons (Fsp3) is 0.304. The number of thiazole rings is 1. The van der Waals surface area contributed by atoms with E-state index in [4.69, 9.17) is 16.3 Å². The molecule has 1 amide bonds. The first-order valence-corrected chi connectivity index (χ1v) is 11.3. The predicted molar refractivity (Wildman–Crippen MR) is 121 cm³/mol. The van der Waals surface area contributed by atoms with E-state index in [1.54, 1.807) is 6.20 Å². The Morgan fingerprint density at radius 2 is 1.93 bits per heavy atom.